The number of thiazole rings is 1. The zero-order valence-corrected chi connectivity index (χ0v) is 16.2. The minimum Gasteiger partial charge on any atom is -0.339 e. The van der Waals surface area contributed by atoms with E-state index in [2.05, 4.69) is 43.2 Å². The molecule has 0 radical (unpaired) electrons. The predicted molar refractivity (Wildman–Crippen MR) is 103 cm³/mol. The summed E-state index contributed by atoms with van der Waals surface area (Å²) in [6, 6.07) is 4.69. The number of carbonyl (C=O) groups is 2. The maximum Gasteiger partial charge on any atom is 0.231 e. The van der Waals surface area contributed by atoms with Gasteiger partial charge in [-0.05, 0) is 56.4 Å². The van der Waals surface area contributed by atoms with Gasteiger partial charge in [0, 0.05) is 30.0 Å². The van der Waals surface area contributed by atoms with E-state index in [1.54, 1.807) is 0 Å². The van der Waals surface area contributed by atoms with Gasteiger partial charge in [0.2, 0.25) is 11.8 Å². The van der Waals surface area contributed by atoms with Crippen LogP contribution in [-0.4, -0.2) is 34.3 Å². The SMILES string of the molecule is Cc1cc(C)c(-c2csc(NC(=O)[C@@H]3CC(=O)N(C4CC4)C3)n2)cc1C. The number of aryl methyl sites for hydroxylation is 3. The van der Waals surface area contributed by atoms with Gasteiger partial charge < -0.3 is 10.2 Å². The van der Waals surface area contributed by atoms with Crippen molar-refractivity contribution >= 4 is 28.3 Å². The molecule has 2 fully saturated rings. The number of nitrogens with zero attached hydrogens (tertiary/aromatic N) is 2. The number of hydrogen-bond donors (Lipinski definition) is 1. The molecular weight excluding hydrogens is 346 g/mol. The Hall–Kier alpha value is -2.21. The molecular formula is C20H23N3O2S. The van der Waals surface area contributed by atoms with Crippen LogP contribution >= 0.6 is 11.3 Å². The zero-order chi connectivity index (χ0) is 18.4. The molecule has 0 bridgehead atoms. The summed E-state index contributed by atoms with van der Waals surface area (Å²) in [6.07, 6.45) is 2.47. The first-order valence-electron chi connectivity index (χ1n) is 9.06. The van der Waals surface area contributed by atoms with E-state index in [0.29, 0.717) is 24.1 Å². The average molecular weight is 369 g/mol. The van der Waals surface area contributed by atoms with E-state index in [0.717, 1.165) is 24.1 Å². The summed E-state index contributed by atoms with van der Waals surface area (Å²) in [7, 11) is 0. The first-order valence-corrected chi connectivity index (χ1v) is 9.94. The molecule has 2 heterocycles. The van der Waals surface area contributed by atoms with E-state index in [1.165, 1.54) is 28.0 Å². The third kappa shape index (κ3) is 3.26. The number of nitrogens with one attached hydrogen (secondary N) is 1. The van der Waals surface area contributed by atoms with Gasteiger partial charge in [-0.3, -0.25) is 9.59 Å². The molecule has 2 amide bonds. The summed E-state index contributed by atoms with van der Waals surface area (Å²) < 4.78 is 0. The van der Waals surface area contributed by atoms with Crippen LogP contribution < -0.4 is 5.32 Å². The highest BCUT2D eigenvalue weighted by Gasteiger charge is 2.41. The highest BCUT2D eigenvalue weighted by Crippen LogP contribution is 2.34. The van der Waals surface area contributed by atoms with Gasteiger partial charge in [-0.2, -0.15) is 0 Å². The number of anilines is 1. The van der Waals surface area contributed by atoms with Crippen LogP contribution in [-0.2, 0) is 9.59 Å². The van der Waals surface area contributed by atoms with Crippen molar-refractivity contribution in [3.63, 3.8) is 0 Å². The molecule has 1 aromatic heterocycles. The van der Waals surface area contributed by atoms with Crippen molar-refractivity contribution in [2.24, 2.45) is 5.92 Å². The van der Waals surface area contributed by atoms with Crippen molar-refractivity contribution in [2.45, 2.75) is 46.1 Å². The smallest absolute Gasteiger partial charge is 0.231 e. The lowest BCUT2D eigenvalue weighted by Crippen LogP contribution is -2.29. The lowest BCUT2D eigenvalue weighted by molar-refractivity contribution is -0.128. The summed E-state index contributed by atoms with van der Waals surface area (Å²) in [4.78, 5) is 31.0. The van der Waals surface area contributed by atoms with Crippen molar-refractivity contribution in [1.82, 2.24) is 9.88 Å². The van der Waals surface area contributed by atoms with Gasteiger partial charge in [0.25, 0.3) is 0 Å². The number of hydrogen-bond acceptors (Lipinski definition) is 4. The van der Waals surface area contributed by atoms with Crippen LogP contribution in [0.15, 0.2) is 17.5 Å². The van der Waals surface area contributed by atoms with Gasteiger partial charge >= 0.3 is 0 Å². The van der Waals surface area contributed by atoms with Crippen molar-refractivity contribution in [1.29, 1.82) is 0 Å². The van der Waals surface area contributed by atoms with Gasteiger partial charge in [0.1, 0.15) is 0 Å². The van der Waals surface area contributed by atoms with Crippen LogP contribution in [0.4, 0.5) is 5.13 Å². The normalized spacial score (nSPS) is 19.9. The van der Waals surface area contributed by atoms with E-state index in [-0.39, 0.29) is 17.7 Å². The maximum absolute atomic E-state index is 12.5. The Kier molecular flexibility index (Phi) is 4.31. The van der Waals surface area contributed by atoms with Crippen molar-refractivity contribution in [2.75, 3.05) is 11.9 Å². The lowest BCUT2D eigenvalue weighted by atomic mass is 9.99. The van der Waals surface area contributed by atoms with E-state index in [1.807, 2.05) is 10.3 Å². The molecule has 0 unspecified atom stereocenters. The monoisotopic (exact) mass is 369 g/mol. The van der Waals surface area contributed by atoms with Crippen molar-refractivity contribution in [3.05, 3.63) is 34.2 Å². The van der Waals surface area contributed by atoms with E-state index < -0.39 is 0 Å². The molecule has 1 saturated carbocycles. The first-order chi connectivity index (χ1) is 12.4. The molecule has 6 heteroatoms. The number of carbonyl (C=O) groups excluding carboxylic acids is 2. The summed E-state index contributed by atoms with van der Waals surface area (Å²) in [5.74, 6) is -0.253. The molecule has 2 aromatic rings. The molecule has 2 aliphatic rings. The molecule has 1 aliphatic carbocycles. The molecule has 1 saturated heterocycles. The molecule has 1 aromatic carbocycles. The van der Waals surface area contributed by atoms with Gasteiger partial charge in [0.05, 0.1) is 11.6 Å². The number of benzene rings is 1. The zero-order valence-electron chi connectivity index (χ0n) is 15.3. The van der Waals surface area contributed by atoms with E-state index >= 15 is 0 Å². The summed E-state index contributed by atoms with van der Waals surface area (Å²) in [5, 5.41) is 5.48. The van der Waals surface area contributed by atoms with Crippen molar-refractivity contribution in [3.8, 4) is 11.3 Å². The van der Waals surface area contributed by atoms with Gasteiger partial charge in [0.15, 0.2) is 5.13 Å². The second kappa shape index (κ2) is 6.50. The summed E-state index contributed by atoms with van der Waals surface area (Å²) >= 11 is 1.43. The largest absolute Gasteiger partial charge is 0.339 e. The Balaban J connectivity index is 1.46. The third-order valence-electron chi connectivity index (χ3n) is 5.37. The highest BCUT2D eigenvalue weighted by molar-refractivity contribution is 7.14. The molecule has 26 heavy (non-hydrogen) atoms. The second-order valence-corrected chi connectivity index (χ2v) is 8.31. The van der Waals surface area contributed by atoms with E-state index in [4.69, 9.17) is 0 Å². The number of likely N-dealkylation sites (tertiary alicyclic amines) is 1. The van der Waals surface area contributed by atoms with Gasteiger partial charge in [-0.1, -0.05) is 6.07 Å². The Labute approximate surface area is 157 Å². The van der Waals surface area contributed by atoms with Crippen LogP contribution in [0.2, 0.25) is 0 Å². The fraction of sp³-hybridized carbons (Fsp3) is 0.450. The third-order valence-corrected chi connectivity index (χ3v) is 6.13. The first kappa shape index (κ1) is 17.2. The standard InChI is InChI=1S/C20H23N3O2S/c1-11-6-13(3)16(7-12(11)2)17-10-26-20(21-17)22-19(25)14-8-18(24)23(9-14)15-4-5-15/h6-7,10,14-15H,4-5,8-9H2,1-3H3,(H,21,22,25)/t14-/m1/s1. The maximum atomic E-state index is 12.5. The van der Waals surface area contributed by atoms with Gasteiger partial charge in [-0.15, -0.1) is 11.3 Å². The number of amides is 2. The number of aromatic nitrogens is 1. The average Bonchev–Trinajstić information content (AvgIpc) is 3.21. The van der Waals surface area contributed by atoms with Crippen LogP contribution in [0, 0.1) is 26.7 Å². The van der Waals surface area contributed by atoms with E-state index in [9.17, 15) is 9.59 Å². The quantitative estimate of drug-likeness (QED) is 0.894. The molecule has 4 rings (SSSR count). The molecule has 136 valence electrons. The number of rotatable bonds is 4. The molecule has 1 aliphatic heterocycles. The fourth-order valence-electron chi connectivity index (χ4n) is 3.55. The summed E-state index contributed by atoms with van der Waals surface area (Å²) in [6.45, 7) is 6.82. The lowest BCUT2D eigenvalue weighted by Gasteiger charge is -2.14. The summed E-state index contributed by atoms with van der Waals surface area (Å²) in [5.41, 5.74) is 5.65. The Morgan fingerprint density at radius 3 is 2.65 bits per heavy atom. The Bertz CT molecular complexity index is 885. The van der Waals surface area contributed by atoms with Crippen LogP contribution in [0.1, 0.15) is 36.0 Å². The minimum atomic E-state index is -0.265. The minimum absolute atomic E-state index is 0.0980. The van der Waals surface area contributed by atoms with Gasteiger partial charge in [-0.25, -0.2) is 4.98 Å². The fourth-order valence-corrected chi connectivity index (χ4v) is 4.26. The molecule has 1 atom stereocenters. The highest BCUT2D eigenvalue weighted by atomic mass is 32.1. The predicted octanol–water partition coefficient (Wildman–Crippen LogP) is 3.68. The molecule has 1 N–H and O–H groups in total. The van der Waals surface area contributed by atoms with Crippen LogP contribution in [0.25, 0.3) is 11.3 Å². The second-order valence-electron chi connectivity index (χ2n) is 7.46. The van der Waals surface area contributed by atoms with Crippen LogP contribution in [0.5, 0.6) is 0 Å². The van der Waals surface area contributed by atoms with Crippen molar-refractivity contribution < 1.29 is 9.59 Å². The van der Waals surface area contributed by atoms with Crippen LogP contribution in [0.3, 0.4) is 0 Å². The molecule has 5 nitrogen and oxygen atoms in total. The Morgan fingerprint density at radius 1 is 1.19 bits per heavy atom. The Morgan fingerprint density at radius 2 is 1.92 bits per heavy atom. The molecule has 0 spiro atoms. The topological polar surface area (TPSA) is 62.3 Å².